The first-order chi connectivity index (χ1) is 7.11. The van der Waals surface area contributed by atoms with Crippen molar-refractivity contribution < 1.29 is 8.42 Å². The molecule has 0 fully saturated rings. The molecule has 0 unspecified atom stereocenters. The van der Waals surface area contributed by atoms with Gasteiger partial charge in [0, 0.05) is 30.3 Å². The number of nitrogens with zero attached hydrogens (tertiary/aromatic N) is 2. The maximum absolute atomic E-state index is 11.3. The number of rotatable bonds is 2. The molecule has 0 spiro atoms. The van der Waals surface area contributed by atoms with Crippen LogP contribution in [0, 0.1) is 0 Å². The minimum Gasteiger partial charge on any atom is -0.330 e. The summed E-state index contributed by atoms with van der Waals surface area (Å²) < 4.78 is 22.7. The highest BCUT2D eigenvalue weighted by molar-refractivity contribution is 7.90. The van der Waals surface area contributed by atoms with Gasteiger partial charge in [0.05, 0.1) is 11.5 Å². The zero-order chi connectivity index (χ0) is 10.9. The quantitative estimate of drug-likeness (QED) is 0.732. The van der Waals surface area contributed by atoms with Gasteiger partial charge >= 0.3 is 0 Å². The molecule has 2 rings (SSSR count). The first-order valence-electron chi connectivity index (χ1n) is 4.85. The van der Waals surface area contributed by atoms with E-state index < -0.39 is 9.84 Å². The summed E-state index contributed by atoms with van der Waals surface area (Å²) in [5.41, 5.74) is 7.01. The molecule has 15 heavy (non-hydrogen) atoms. The van der Waals surface area contributed by atoms with Crippen LogP contribution in [0.2, 0.25) is 0 Å². The van der Waals surface area contributed by atoms with Gasteiger partial charge in [-0.15, -0.1) is 0 Å². The van der Waals surface area contributed by atoms with Crippen LogP contribution in [0.25, 0.3) is 0 Å². The lowest BCUT2D eigenvalue weighted by molar-refractivity contribution is 0.590. The lowest BCUT2D eigenvalue weighted by Gasteiger charge is -2.15. The van der Waals surface area contributed by atoms with Crippen molar-refractivity contribution in [2.24, 2.45) is 5.73 Å². The van der Waals surface area contributed by atoms with Gasteiger partial charge < -0.3 is 5.73 Å². The second-order valence-corrected chi connectivity index (χ2v) is 5.82. The van der Waals surface area contributed by atoms with E-state index >= 15 is 0 Å². The molecule has 0 saturated heterocycles. The third-order valence-electron chi connectivity index (χ3n) is 2.40. The minimum absolute atomic E-state index is 0.0746. The van der Waals surface area contributed by atoms with E-state index in [2.05, 4.69) is 9.97 Å². The molecule has 0 aromatic carbocycles. The molecular formula is C9H13N3O2S. The predicted octanol–water partition coefficient (Wildman–Crippen LogP) is -0.551. The third kappa shape index (κ3) is 2.32. The second-order valence-electron chi connectivity index (χ2n) is 3.64. The fourth-order valence-electron chi connectivity index (χ4n) is 1.63. The highest BCUT2D eigenvalue weighted by atomic mass is 32.2. The van der Waals surface area contributed by atoms with Crippen LogP contribution < -0.4 is 5.73 Å². The van der Waals surface area contributed by atoms with Crippen LogP contribution >= 0.6 is 0 Å². The van der Waals surface area contributed by atoms with Crippen molar-refractivity contribution in [3.05, 3.63) is 23.3 Å². The topological polar surface area (TPSA) is 85.9 Å². The van der Waals surface area contributed by atoms with Gasteiger partial charge in [0.1, 0.15) is 5.82 Å². The van der Waals surface area contributed by atoms with E-state index in [1.807, 2.05) is 0 Å². The van der Waals surface area contributed by atoms with Crippen LogP contribution in [0.4, 0.5) is 0 Å². The molecule has 2 heterocycles. The SMILES string of the molecule is NCCc1ncc2c(n1)CCS(=O)(=O)C2. The van der Waals surface area contributed by atoms with Gasteiger partial charge in [-0.05, 0) is 6.54 Å². The van der Waals surface area contributed by atoms with E-state index in [0.29, 0.717) is 25.2 Å². The van der Waals surface area contributed by atoms with E-state index in [4.69, 9.17) is 5.73 Å². The van der Waals surface area contributed by atoms with Crippen molar-refractivity contribution in [1.29, 1.82) is 0 Å². The van der Waals surface area contributed by atoms with Gasteiger partial charge in [-0.25, -0.2) is 18.4 Å². The molecule has 2 N–H and O–H groups in total. The fourth-order valence-corrected chi connectivity index (χ4v) is 2.99. The van der Waals surface area contributed by atoms with Crippen LogP contribution in [-0.2, 0) is 28.4 Å². The van der Waals surface area contributed by atoms with Crippen molar-refractivity contribution in [1.82, 2.24) is 9.97 Å². The van der Waals surface area contributed by atoms with Gasteiger partial charge in [0.25, 0.3) is 0 Å². The number of sulfone groups is 1. The molecule has 1 aromatic heterocycles. The van der Waals surface area contributed by atoms with Crippen LogP contribution in [0.15, 0.2) is 6.20 Å². The average Bonchev–Trinajstić information content (AvgIpc) is 2.18. The van der Waals surface area contributed by atoms with Crippen molar-refractivity contribution in [3.63, 3.8) is 0 Å². The highest BCUT2D eigenvalue weighted by Crippen LogP contribution is 2.17. The molecule has 0 radical (unpaired) electrons. The average molecular weight is 227 g/mol. The smallest absolute Gasteiger partial charge is 0.154 e. The molecule has 0 amide bonds. The van der Waals surface area contributed by atoms with E-state index in [1.54, 1.807) is 6.20 Å². The number of nitrogens with two attached hydrogens (primary N) is 1. The second kappa shape index (κ2) is 3.86. The molecule has 0 saturated carbocycles. The first-order valence-corrected chi connectivity index (χ1v) is 6.67. The number of aromatic nitrogens is 2. The van der Waals surface area contributed by atoms with Gasteiger partial charge in [-0.1, -0.05) is 0 Å². The number of hydrogen-bond acceptors (Lipinski definition) is 5. The number of hydrogen-bond donors (Lipinski definition) is 1. The Labute approximate surface area is 88.7 Å². The number of aryl methyl sites for hydroxylation is 1. The normalized spacial score (nSPS) is 18.5. The Morgan fingerprint density at radius 1 is 1.47 bits per heavy atom. The summed E-state index contributed by atoms with van der Waals surface area (Å²) in [5.74, 6) is 0.972. The molecule has 1 aromatic rings. The monoisotopic (exact) mass is 227 g/mol. The summed E-state index contributed by atoms with van der Waals surface area (Å²) in [6.07, 6.45) is 2.75. The Bertz CT molecular complexity index is 470. The molecule has 0 aliphatic carbocycles. The molecule has 1 aliphatic heterocycles. The zero-order valence-corrected chi connectivity index (χ0v) is 9.13. The maximum Gasteiger partial charge on any atom is 0.154 e. The largest absolute Gasteiger partial charge is 0.330 e. The van der Waals surface area contributed by atoms with Crippen LogP contribution in [0.3, 0.4) is 0 Å². The van der Waals surface area contributed by atoms with Crippen molar-refractivity contribution in [2.45, 2.75) is 18.6 Å². The van der Waals surface area contributed by atoms with Crippen LogP contribution in [0.1, 0.15) is 17.1 Å². The lowest BCUT2D eigenvalue weighted by atomic mass is 10.2. The van der Waals surface area contributed by atoms with Crippen LogP contribution in [0.5, 0.6) is 0 Å². The van der Waals surface area contributed by atoms with Crippen molar-refractivity contribution in [2.75, 3.05) is 12.3 Å². The van der Waals surface area contributed by atoms with E-state index in [0.717, 1.165) is 11.3 Å². The molecule has 0 bridgehead atoms. The maximum atomic E-state index is 11.3. The Hall–Kier alpha value is -1.01. The molecular weight excluding hydrogens is 214 g/mol. The summed E-state index contributed by atoms with van der Waals surface area (Å²) in [6.45, 7) is 0.511. The fraction of sp³-hybridized carbons (Fsp3) is 0.556. The molecule has 1 aliphatic rings. The summed E-state index contributed by atoms with van der Waals surface area (Å²) in [7, 11) is -2.93. The van der Waals surface area contributed by atoms with Crippen molar-refractivity contribution >= 4 is 9.84 Å². The molecule has 82 valence electrons. The Balaban J connectivity index is 2.32. The lowest BCUT2D eigenvalue weighted by Crippen LogP contribution is -2.21. The molecule has 6 heteroatoms. The number of fused-ring (bicyclic) bond motifs is 1. The Morgan fingerprint density at radius 3 is 3.00 bits per heavy atom. The summed E-state index contributed by atoms with van der Waals surface area (Å²) in [6, 6.07) is 0. The minimum atomic E-state index is -2.93. The van der Waals surface area contributed by atoms with E-state index in [1.165, 1.54) is 0 Å². The summed E-state index contributed by atoms with van der Waals surface area (Å²) in [5, 5.41) is 0. The predicted molar refractivity (Wildman–Crippen MR) is 56.0 cm³/mol. The highest BCUT2D eigenvalue weighted by Gasteiger charge is 2.22. The molecule has 5 nitrogen and oxygen atoms in total. The first kappa shape index (κ1) is 10.5. The van der Waals surface area contributed by atoms with Crippen molar-refractivity contribution in [3.8, 4) is 0 Å². The van der Waals surface area contributed by atoms with E-state index in [-0.39, 0.29) is 11.5 Å². The van der Waals surface area contributed by atoms with E-state index in [9.17, 15) is 8.42 Å². The van der Waals surface area contributed by atoms with Gasteiger partial charge in [0.2, 0.25) is 0 Å². The summed E-state index contributed by atoms with van der Waals surface area (Å²) >= 11 is 0. The summed E-state index contributed by atoms with van der Waals surface area (Å²) in [4.78, 5) is 8.40. The van der Waals surface area contributed by atoms with Crippen LogP contribution in [-0.4, -0.2) is 30.7 Å². The third-order valence-corrected chi connectivity index (χ3v) is 3.97. The Kier molecular flexibility index (Phi) is 2.70. The molecule has 0 atom stereocenters. The van der Waals surface area contributed by atoms with Gasteiger partial charge in [-0.2, -0.15) is 0 Å². The standard InChI is InChI=1S/C9H13N3O2S/c10-3-1-9-11-5-7-6-15(13,14)4-2-8(7)12-9/h5H,1-4,6,10H2. The zero-order valence-electron chi connectivity index (χ0n) is 8.31. The Morgan fingerprint density at radius 2 is 2.27 bits per heavy atom. The van der Waals surface area contributed by atoms with Gasteiger partial charge in [0.15, 0.2) is 9.84 Å². The van der Waals surface area contributed by atoms with Gasteiger partial charge in [-0.3, -0.25) is 0 Å².